The number of phenols is 1. The number of benzene rings is 3. The van der Waals surface area contributed by atoms with Gasteiger partial charge in [0.15, 0.2) is 23.0 Å². The standard InChI is InChI=1S/C25H27NO8S/c1-30-20-13-8-17(7-6-16-14-21(31-2)24(33-4)22(15-16)32-3)23(25(20)34-5)26-35(28,29)19-11-9-18(27)10-12-19/h6-15,26-27H,1-5H3/b7-6-. The first kappa shape index (κ1) is 25.6. The maximum Gasteiger partial charge on any atom is 0.262 e. The molecule has 0 aliphatic rings. The minimum atomic E-state index is -4.01. The van der Waals surface area contributed by atoms with Crippen molar-refractivity contribution in [3.63, 3.8) is 0 Å². The normalized spacial score (nSPS) is 11.2. The Morgan fingerprint density at radius 3 is 1.80 bits per heavy atom. The second-order valence-electron chi connectivity index (χ2n) is 7.16. The van der Waals surface area contributed by atoms with E-state index in [1.54, 1.807) is 36.4 Å². The van der Waals surface area contributed by atoms with E-state index in [1.807, 2.05) is 0 Å². The summed E-state index contributed by atoms with van der Waals surface area (Å²) in [5.41, 5.74) is 1.42. The van der Waals surface area contributed by atoms with Crippen LogP contribution in [-0.4, -0.2) is 49.1 Å². The van der Waals surface area contributed by atoms with Crippen LogP contribution in [0.2, 0.25) is 0 Å². The third kappa shape index (κ3) is 5.55. The van der Waals surface area contributed by atoms with Gasteiger partial charge >= 0.3 is 0 Å². The van der Waals surface area contributed by atoms with Gasteiger partial charge in [0.1, 0.15) is 11.4 Å². The highest BCUT2D eigenvalue weighted by molar-refractivity contribution is 7.92. The summed E-state index contributed by atoms with van der Waals surface area (Å²) in [7, 11) is 3.43. The van der Waals surface area contributed by atoms with Gasteiger partial charge in [-0.15, -0.1) is 0 Å². The highest BCUT2D eigenvalue weighted by Crippen LogP contribution is 2.41. The zero-order chi connectivity index (χ0) is 25.6. The predicted octanol–water partition coefficient (Wildman–Crippen LogP) is 4.41. The lowest BCUT2D eigenvalue weighted by Crippen LogP contribution is -2.14. The molecule has 0 saturated heterocycles. The highest BCUT2D eigenvalue weighted by atomic mass is 32.2. The van der Waals surface area contributed by atoms with Crippen molar-refractivity contribution < 1.29 is 37.2 Å². The molecule has 2 N–H and O–H groups in total. The van der Waals surface area contributed by atoms with Crippen molar-refractivity contribution in [2.45, 2.75) is 4.90 Å². The number of methoxy groups -OCH3 is 5. The molecule has 3 aromatic rings. The van der Waals surface area contributed by atoms with Gasteiger partial charge < -0.3 is 28.8 Å². The van der Waals surface area contributed by atoms with Crippen LogP contribution in [0.15, 0.2) is 53.4 Å². The highest BCUT2D eigenvalue weighted by Gasteiger charge is 2.21. The minimum absolute atomic E-state index is 0.0280. The lowest BCUT2D eigenvalue weighted by atomic mass is 10.1. The minimum Gasteiger partial charge on any atom is -0.508 e. The van der Waals surface area contributed by atoms with Crippen LogP contribution in [0.1, 0.15) is 11.1 Å². The second-order valence-corrected chi connectivity index (χ2v) is 8.84. The molecule has 0 atom stereocenters. The second kappa shape index (κ2) is 10.9. The van der Waals surface area contributed by atoms with Crippen molar-refractivity contribution in [3.8, 4) is 34.5 Å². The summed E-state index contributed by atoms with van der Waals surface area (Å²) in [6.45, 7) is 0. The van der Waals surface area contributed by atoms with Crippen LogP contribution in [0, 0.1) is 0 Å². The fraction of sp³-hybridized carbons (Fsp3) is 0.200. The summed E-state index contributed by atoms with van der Waals surface area (Å²) >= 11 is 0. The van der Waals surface area contributed by atoms with E-state index < -0.39 is 10.0 Å². The van der Waals surface area contributed by atoms with Crippen molar-refractivity contribution in [1.29, 1.82) is 0 Å². The van der Waals surface area contributed by atoms with Gasteiger partial charge in [-0.05, 0) is 54.1 Å². The summed E-state index contributed by atoms with van der Waals surface area (Å²) in [6, 6.07) is 12.1. The smallest absolute Gasteiger partial charge is 0.262 e. The van der Waals surface area contributed by atoms with Crippen LogP contribution >= 0.6 is 0 Å². The predicted molar refractivity (Wildman–Crippen MR) is 133 cm³/mol. The van der Waals surface area contributed by atoms with Crippen molar-refractivity contribution in [1.82, 2.24) is 0 Å². The van der Waals surface area contributed by atoms with Crippen LogP contribution in [-0.2, 0) is 10.0 Å². The van der Waals surface area contributed by atoms with Crippen molar-refractivity contribution in [2.24, 2.45) is 0 Å². The van der Waals surface area contributed by atoms with Crippen LogP contribution < -0.4 is 28.4 Å². The van der Waals surface area contributed by atoms with Gasteiger partial charge in [-0.3, -0.25) is 4.72 Å². The SMILES string of the molecule is COc1cc(/C=C\c2ccc(OC)c(OC)c2NS(=O)(=O)c2ccc(O)cc2)cc(OC)c1OC. The number of aromatic hydroxyl groups is 1. The number of phenolic OH excluding ortho intramolecular Hbond substituents is 1. The molecule has 0 bridgehead atoms. The molecule has 0 unspecified atom stereocenters. The Kier molecular flexibility index (Phi) is 7.98. The van der Waals surface area contributed by atoms with E-state index in [1.165, 1.54) is 59.8 Å². The van der Waals surface area contributed by atoms with E-state index in [2.05, 4.69) is 4.72 Å². The van der Waals surface area contributed by atoms with E-state index in [-0.39, 0.29) is 22.1 Å². The molecule has 0 aromatic heterocycles. The fourth-order valence-electron chi connectivity index (χ4n) is 3.39. The van der Waals surface area contributed by atoms with Gasteiger partial charge in [0.05, 0.1) is 40.4 Å². The van der Waals surface area contributed by atoms with E-state index in [0.717, 1.165) is 5.56 Å². The van der Waals surface area contributed by atoms with E-state index in [0.29, 0.717) is 28.6 Å². The Labute approximate surface area is 204 Å². The number of rotatable bonds is 10. The van der Waals surface area contributed by atoms with Crippen molar-refractivity contribution >= 4 is 27.9 Å². The molecular formula is C25H27NO8S. The maximum absolute atomic E-state index is 13.1. The lowest BCUT2D eigenvalue weighted by Gasteiger charge is -2.17. The van der Waals surface area contributed by atoms with Crippen LogP contribution in [0.3, 0.4) is 0 Å². The zero-order valence-electron chi connectivity index (χ0n) is 20.0. The van der Waals surface area contributed by atoms with Gasteiger partial charge in [-0.2, -0.15) is 0 Å². The van der Waals surface area contributed by atoms with Gasteiger partial charge in [-0.25, -0.2) is 8.42 Å². The van der Waals surface area contributed by atoms with E-state index in [4.69, 9.17) is 23.7 Å². The fourth-order valence-corrected chi connectivity index (χ4v) is 4.48. The molecule has 0 radical (unpaired) electrons. The molecule has 186 valence electrons. The molecule has 0 aliphatic heterocycles. The largest absolute Gasteiger partial charge is 0.508 e. The molecule has 3 aromatic carbocycles. The number of ether oxygens (including phenoxy) is 5. The number of anilines is 1. The van der Waals surface area contributed by atoms with Crippen LogP contribution in [0.5, 0.6) is 34.5 Å². The third-order valence-corrected chi connectivity index (χ3v) is 6.47. The summed E-state index contributed by atoms with van der Waals surface area (Å²) < 4.78 is 55.7. The Hall–Kier alpha value is -4.05. The first-order valence-electron chi connectivity index (χ1n) is 10.3. The maximum atomic E-state index is 13.1. The summed E-state index contributed by atoms with van der Waals surface area (Å²) in [6.07, 6.45) is 3.49. The molecule has 0 amide bonds. The first-order chi connectivity index (χ1) is 16.8. The first-order valence-corrected chi connectivity index (χ1v) is 11.8. The Bertz CT molecular complexity index is 1290. The topological polar surface area (TPSA) is 113 Å². The molecule has 0 aliphatic carbocycles. The molecule has 0 spiro atoms. The average molecular weight is 502 g/mol. The average Bonchev–Trinajstić information content (AvgIpc) is 2.86. The lowest BCUT2D eigenvalue weighted by molar-refractivity contribution is 0.324. The van der Waals surface area contributed by atoms with Gasteiger partial charge in [-0.1, -0.05) is 12.2 Å². The molecule has 35 heavy (non-hydrogen) atoms. The zero-order valence-corrected chi connectivity index (χ0v) is 20.8. The van der Waals surface area contributed by atoms with Gasteiger partial charge in [0.25, 0.3) is 10.0 Å². The third-order valence-electron chi connectivity index (χ3n) is 5.10. The van der Waals surface area contributed by atoms with Crippen molar-refractivity contribution in [3.05, 3.63) is 59.7 Å². The van der Waals surface area contributed by atoms with Gasteiger partial charge in [0.2, 0.25) is 5.75 Å². The molecule has 0 heterocycles. The van der Waals surface area contributed by atoms with E-state index >= 15 is 0 Å². The number of hydrogen-bond acceptors (Lipinski definition) is 8. The molecule has 0 fully saturated rings. The summed E-state index contributed by atoms with van der Waals surface area (Å²) in [5.74, 6) is 1.93. The monoisotopic (exact) mass is 501 g/mol. The molecular weight excluding hydrogens is 474 g/mol. The van der Waals surface area contributed by atoms with Crippen LogP contribution in [0.25, 0.3) is 12.2 Å². The summed E-state index contributed by atoms with van der Waals surface area (Å²) in [5, 5.41) is 9.51. The summed E-state index contributed by atoms with van der Waals surface area (Å²) in [4.78, 5) is -0.0280. The Morgan fingerprint density at radius 1 is 0.714 bits per heavy atom. The van der Waals surface area contributed by atoms with Crippen molar-refractivity contribution in [2.75, 3.05) is 40.3 Å². The quantitative estimate of drug-likeness (QED) is 0.393. The Morgan fingerprint density at radius 2 is 1.29 bits per heavy atom. The molecule has 0 saturated carbocycles. The Balaban J connectivity index is 2.10. The number of nitrogens with one attached hydrogen (secondary N) is 1. The van der Waals surface area contributed by atoms with Gasteiger partial charge in [0, 0.05) is 5.56 Å². The molecule has 10 heteroatoms. The number of hydrogen-bond donors (Lipinski definition) is 2. The number of sulfonamides is 1. The molecule has 9 nitrogen and oxygen atoms in total. The molecule has 3 rings (SSSR count). The van der Waals surface area contributed by atoms with Crippen LogP contribution in [0.4, 0.5) is 5.69 Å². The van der Waals surface area contributed by atoms with E-state index in [9.17, 15) is 13.5 Å².